The maximum Gasteiger partial charge on any atom is 0.251 e. The average molecular weight is 315 g/mol. The van der Waals surface area contributed by atoms with Crippen molar-refractivity contribution in [3.63, 3.8) is 0 Å². The topological polar surface area (TPSA) is 78.5 Å². The molecule has 2 aliphatic rings. The zero-order valence-corrected chi connectivity index (χ0v) is 13.0. The summed E-state index contributed by atoms with van der Waals surface area (Å²) in [5.74, 6) is -0.115. The van der Waals surface area contributed by atoms with Crippen LogP contribution < -0.4 is 10.6 Å². The zero-order valence-electron chi connectivity index (χ0n) is 13.0. The van der Waals surface area contributed by atoms with Crippen LogP contribution in [0.5, 0.6) is 0 Å². The second kappa shape index (κ2) is 6.81. The molecule has 1 atom stereocenters. The molecule has 0 bridgehead atoms. The van der Waals surface area contributed by atoms with Crippen molar-refractivity contribution in [3.8, 4) is 0 Å². The Bertz CT molecular complexity index is 594. The molecule has 1 unspecified atom stereocenters. The molecule has 6 heteroatoms. The van der Waals surface area contributed by atoms with Crippen molar-refractivity contribution in [1.82, 2.24) is 15.5 Å². The van der Waals surface area contributed by atoms with Gasteiger partial charge in [-0.15, -0.1) is 0 Å². The minimum atomic E-state index is -0.363. The Morgan fingerprint density at radius 2 is 1.78 bits per heavy atom. The maximum atomic E-state index is 12.3. The van der Waals surface area contributed by atoms with Crippen LogP contribution in [0.4, 0.5) is 0 Å². The first kappa shape index (κ1) is 15.5. The number of hydrogen-bond donors (Lipinski definition) is 2. The van der Waals surface area contributed by atoms with Gasteiger partial charge in [-0.1, -0.05) is 18.2 Å². The van der Waals surface area contributed by atoms with E-state index in [4.69, 9.17) is 0 Å². The molecule has 122 valence electrons. The molecule has 3 amide bonds. The van der Waals surface area contributed by atoms with E-state index in [1.54, 1.807) is 17.0 Å². The van der Waals surface area contributed by atoms with Crippen LogP contribution in [0.1, 0.15) is 36.0 Å². The highest BCUT2D eigenvalue weighted by Gasteiger charge is 2.32. The standard InChI is InChI=1S/C17H21N3O3/c21-15-7-6-14(19-15)17(23)20-10-8-13(9-11-20)18-16(22)12-4-2-1-3-5-12/h1-5,13-14H,6-11H2,(H,18,22)(H,19,21). The number of piperidine rings is 1. The largest absolute Gasteiger partial charge is 0.349 e. The highest BCUT2D eigenvalue weighted by atomic mass is 16.2. The van der Waals surface area contributed by atoms with Gasteiger partial charge < -0.3 is 15.5 Å². The van der Waals surface area contributed by atoms with Crippen molar-refractivity contribution in [2.75, 3.05) is 13.1 Å². The number of nitrogens with zero attached hydrogens (tertiary/aromatic N) is 1. The van der Waals surface area contributed by atoms with E-state index in [-0.39, 0.29) is 29.8 Å². The first-order chi connectivity index (χ1) is 11.1. The molecule has 1 aromatic carbocycles. The van der Waals surface area contributed by atoms with E-state index in [9.17, 15) is 14.4 Å². The molecule has 0 aromatic heterocycles. The van der Waals surface area contributed by atoms with Gasteiger partial charge in [0.1, 0.15) is 6.04 Å². The molecule has 0 spiro atoms. The third kappa shape index (κ3) is 3.70. The number of carbonyl (C=O) groups is 3. The number of rotatable bonds is 3. The summed E-state index contributed by atoms with van der Waals surface area (Å²) in [7, 11) is 0. The monoisotopic (exact) mass is 315 g/mol. The van der Waals surface area contributed by atoms with Crippen molar-refractivity contribution in [1.29, 1.82) is 0 Å². The van der Waals surface area contributed by atoms with Crippen LogP contribution in [-0.2, 0) is 9.59 Å². The molecule has 6 nitrogen and oxygen atoms in total. The summed E-state index contributed by atoms with van der Waals surface area (Å²) in [5, 5.41) is 5.74. The Kier molecular flexibility index (Phi) is 4.60. The first-order valence-electron chi connectivity index (χ1n) is 8.07. The SMILES string of the molecule is O=C1CCC(C(=O)N2CCC(NC(=O)c3ccccc3)CC2)N1. The summed E-state index contributed by atoms with van der Waals surface area (Å²) in [6.07, 6.45) is 2.50. The number of carbonyl (C=O) groups excluding carboxylic acids is 3. The molecular weight excluding hydrogens is 294 g/mol. The predicted molar refractivity (Wildman–Crippen MR) is 84.7 cm³/mol. The summed E-state index contributed by atoms with van der Waals surface area (Å²) >= 11 is 0. The fraction of sp³-hybridized carbons (Fsp3) is 0.471. The van der Waals surface area contributed by atoms with Gasteiger partial charge in [0.2, 0.25) is 11.8 Å². The second-order valence-electron chi connectivity index (χ2n) is 6.10. The predicted octanol–water partition coefficient (Wildman–Crippen LogP) is 0.686. The third-order valence-electron chi connectivity index (χ3n) is 4.47. The van der Waals surface area contributed by atoms with Gasteiger partial charge in [0.25, 0.3) is 5.91 Å². The lowest BCUT2D eigenvalue weighted by atomic mass is 10.0. The molecular formula is C17H21N3O3. The Labute approximate surface area is 135 Å². The van der Waals surface area contributed by atoms with Crippen LogP contribution in [0.25, 0.3) is 0 Å². The summed E-state index contributed by atoms with van der Waals surface area (Å²) in [5.41, 5.74) is 0.652. The minimum absolute atomic E-state index is 0.00341. The Hall–Kier alpha value is -2.37. The van der Waals surface area contributed by atoms with Crippen LogP contribution in [-0.4, -0.2) is 47.8 Å². The molecule has 0 saturated carbocycles. The number of hydrogen-bond acceptors (Lipinski definition) is 3. The quantitative estimate of drug-likeness (QED) is 0.861. The van der Waals surface area contributed by atoms with Crippen molar-refractivity contribution >= 4 is 17.7 Å². The average Bonchev–Trinajstić information content (AvgIpc) is 3.02. The van der Waals surface area contributed by atoms with E-state index >= 15 is 0 Å². The maximum absolute atomic E-state index is 12.3. The lowest BCUT2D eigenvalue weighted by Gasteiger charge is -2.33. The van der Waals surface area contributed by atoms with Crippen molar-refractivity contribution in [3.05, 3.63) is 35.9 Å². The molecule has 0 aliphatic carbocycles. The third-order valence-corrected chi connectivity index (χ3v) is 4.47. The van der Waals surface area contributed by atoms with Gasteiger partial charge in [-0.2, -0.15) is 0 Å². The van der Waals surface area contributed by atoms with Gasteiger partial charge in [-0.25, -0.2) is 0 Å². The van der Waals surface area contributed by atoms with Gasteiger partial charge in [-0.3, -0.25) is 14.4 Å². The molecule has 2 saturated heterocycles. The van der Waals surface area contributed by atoms with Crippen molar-refractivity contribution in [2.24, 2.45) is 0 Å². The van der Waals surface area contributed by atoms with Crippen LogP contribution in [0.2, 0.25) is 0 Å². The van der Waals surface area contributed by atoms with Crippen LogP contribution in [0.15, 0.2) is 30.3 Å². The molecule has 3 rings (SSSR count). The van der Waals surface area contributed by atoms with E-state index in [1.807, 2.05) is 18.2 Å². The van der Waals surface area contributed by atoms with Gasteiger partial charge >= 0.3 is 0 Å². The van der Waals surface area contributed by atoms with Crippen LogP contribution >= 0.6 is 0 Å². The molecule has 2 aliphatic heterocycles. The molecule has 2 N–H and O–H groups in total. The van der Waals surface area contributed by atoms with E-state index in [2.05, 4.69) is 10.6 Å². The van der Waals surface area contributed by atoms with Gasteiger partial charge in [0, 0.05) is 31.1 Å². The summed E-state index contributed by atoms with van der Waals surface area (Å²) in [6.45, 7) is 1.23. The van der Waals surface area contributed by atoms with E-state index in [0.29, 0.717) is 31.5 Å². The Morgan fingerprint density at radius 1 is 1.09 bits per heavy atom. The highest BCUT2D eigenvalue weighted by molar-refractivity contribution is 5.94. The number of benzene rings is 1. The Morgan fingerprint density at radius 3 is 2.39 bits per heavy atom. The van der Waals surface area contributed by atoms with Gasteiger partial charge in [-0.05, 0) is 31.4 Å². The lowest BCUT2D eigenvalue weighted by molar-refractivity contribution is -0.135. The summed E-state index contributed by atoms with van der Waals surface area (Å²) < 4.78 is 0. The molecule has 2 heterocycles. The number of likely N-dealkylation sites (tertiary alicyclic amines) is 1. The van der Waals surface area contributed by atoms with Gasteiger partial charge in [0.15, 0.2) is 0 Å². The summed E-state index contributed by atoms with van der Waals surface area (Å²) in [4.78, 5) is 37.5. The first-order valence-corrected chi connectivity index (χ1v) is 8.07. The fourth-order valence-electron chi connectivity index (χ4n) is 3.12. The van der Waals surface area contributed by atoms with Gasteiger partial charge in [0.05, 0.1) is 0 Å². The van der Waals surface area contributed by atoms with Crippen molar-refractivity contribution < 1.29 is 14.4 Å². The highest BCUT2D eigenvalue weighted by Crippen LogP contribution is 2.16. The van der Waals surface area contributed by atoms with Crippen molar-refractivity contribution in [2.45, 2.75) is 37.8 Å². The minimum Gasteiger partial charge on any atom is -0.349 e. The van der Waals surface area contributed by atoms with Crippen LogP contribution in [0, 0.1) is 0 Å². The molecule has 2 fully saturated rings. The van der Waals surface area contributed by atoms with Crippen LogP contribution in [0.3, 0.4) is 0 Å². The second-order valence-corrected chi connectivity index (χ2v) is 6.10. The number of nitrogens with one attached hydrogen (secondary N) is 2. The fourth-order valence-corrected chi connectivity index (χ4v) is 3.12. The lowest BCUT2D eigenvalue weighted by Crippen LogP contribution is -2.51. The van der Waals surface area contributed by atoms with E-state index in [0.717, 1.165) is 12.8 Å². The molecule has 1 aromatic rings. The normalized spacial score (nSPS) is 21.8. The smallest absolute Gasteiger partial charge is 0.251 e. The zero-order chi connectivity index (χ0) is 16.2. The molecule has 23 heavy (non-hydrogen) atoms. The summed E-state index contributed by atoms with van der Waals surface area (Å²) in [6, 6.07) is 8.86. The molecule has 0 radical (unpaired) electrons. The van der Waals surface area contributed by atoms with E-state index in [1.165, 1.54) is 0 Å². The Balaban J connectivity index is 1.48. The van der Waals surface area contributed by atoms with E-state index < -0.39 is 0 Å². The number of amides is 3.